The average molecular weight is 185 g/mol. The predicted molar refractivity (Wildman–Crippen MR) is 45.1 cm³/mol. The fraction of sp³-hybridized carbons (Fsp3) is 0.125. The van der Waals surface area contributed by atoms with Gasteiger partial charge in [-0.05, 0) is 17.7 Å². The third-order valence-electron chi connectivity index (χ3n) is 1.30. The molecule has 0 unspecified atom stereocenters. The fourth-order valence-corrected chi connectivity index (χ4v) is 0.967. The quantitative estimate of drug-likeness (QED) is 0.512. The second-order valence-electron chi connectivity index (χ2n) is 2.18. The van der Waals surface area contributed by atoms with Gasteiger partial charge in [0.1, 0.15) is 11.6 Å². The number of aromatic nitrogens is 1. The maximum Gasteiger partial charge on any atom is 0.583 e. The van der Waals surface area contributed by atoms with Crippen LogP contribution in [0.5, 0.6) is 0 Å². The van der Waals surface area contributed by atoms with Crippen LogP contribution >= 0.6 is 11.6 Å². The van der Waals surface area contributed by atoms with Crippen LogP contribution in [0, 0.1) is 0 Å². The number of carbonyl (C=O) groups is 1. The minimum absolute atomic E-state index is 0.172. The second kappa shape index (κ2) is 3.97. The van der Waals surface area contributed by atoms with E-state index in [1.165, 1.54) is 6.20 Å². The first-order valence-corrected chi connectivity index (χ1v) is 3.65. The highest BCUT2D eigenvalue weighted by atomic mass is 35.5. The van der Waals surface area contributed by atoms with Gasteiger partial charge in [-0.1, -0.05) is 11.6 Å². The number of carbonyl (C=O) groups excluding carboxylic acids is 2. The van der Waals surface area contributed by atoms with E-state index in [1.54, 1.807) is 12.1 Å². The van der Waals surface area contributed by atoms with Crippen molar-refractivity contribution in [2.24, 2.45) is 0 Å². The molecular formula is C8H7ClNO2+. The van der Waals surface area contributed by atoms with Crippen molar-refractivity contribution in [2.45, 2.75) is 6.42 Å². The van der Waals surface area contributed by atoms with Gasteiger partial charge in [0, 0.05) is 11.0 Å². The Morgan fingerprint density at radius 1 is 1.75 bits per heavy atom. The molecule has 0 atom stereocenters. The molecule has 62 valence electrons. The molecule has 1 rings (SSSR count). The van der Waals surface area contributed by atoms with Gasteiger partial charge in [0.2, 0.25) is 0 Å². The van der Waals surface area contributed by atoms with E-state index >= 15 is 0 Å². The number of hydrogen-bond acceptors (Lipinski definition) is 2. The topological polar surface area (TPSA) is 41.3 Å². The minimum atomic E-state index is -0.391. The molecule has 12 heavy (non-hydrogen) atoms. The molecule has 0 spiro atoms. The summed E-state index contributed by atoms with van der Waals surface area (Å²) >= 11 is 5.59. The first-order chi connectivity index (χ1) is 5.72. The van der Waals surface area contributed by atoms with E-state index in [0.29, 0.717) is 5.15 Å². The molecule has 0 aliphatic carbocycles. The molecule has 0 aliphatic rings. The van der Waals surface area contributed by atoms with Gasteiger partial charge >= 0.3 is 5.97 Å². The third-order valence-corrected chi connectivity index (χ3v) is 1.51. The number of rotatable bonds is 2. The minimum Gasteiger partial charge on any atom is -0.288 e. The summed E-state index contributed by atoms with van der Waals surface area (Å²) in [5.74, 6) is -0.391. The van der Waals surface area contributed by atoms with E-state index in [0.717, 1.165) is 5.56 Å². The Hall–Kier alpha value is -1.22. The summed E-state index contributed by atoms with van der Waals surface area (Å²) in [4.78, 5) is 14.5. The number of nitrogens with zero attached hydrogens (tertiary/aromatic N) is 1. The van der Waals surface area contributed by atoms with Crippen LogP contribution in [0.15, 0.2) is 18.3 Å². The van der Waals surface area contributed by atoms with Crippen LogP contribution in [-0.4, -0.2) is 17.7 Å². The molecule has 0 bridgehead atoms. The Labute approximate surface area is 74.7 Å². The standard InChI is InChI=1S/C8H7ClNO2/c1-12-8(11)5-6-2-3-10-7(9)4-6/h2-4H,1,5H2/q+1. The molecule has 0 amide bonds. The molecule has 0 N–H and O–H groups in total. The van der Waals surface area contributed by atoms with E-state index in [1.807, 2.05) is 0 Å². The van der Waals surface area contributed by atoms with Crippen molar-refractivity contribution in [3.05, 3.63) is 29.0 Å². The van der Waals surface area contributed by atoms with Crippen molar-refractivity contribution in [3.63, 3.8) is 0 Å². The van der Waals surface area contributed by atoms with E-state index in [-0.39, 0.29) is 6.42 Å². The smallest absolute Gasteiger partial charge is 0.288 e. The van der Waals surface area contributed by atoms with E-state index in [9.17, 15) is 4.79 Å². The van der Waals surface area contributed by atoms with Crippen LogP contribution in [0.4, 0.5) is 0 Å². The van der Waals surface area contributed by atoms with Gasteiger partial charge in [-0.15, -0.1) is 0 Å². The largest absolute Gasteiger partial charge is 0.583 e. The zero-order valence-corrected chi connectivity index (χ0v) is 7.04. The summed E-state index contributed by atoms with van der Waals surface area (Å²) in [7, 11) is 0. The second-order valence-corrected chi connectivity index (χ2v) is 2.57. The lowest BCUT2D eigenvalue weighted by atomic mass is 10.2. The average Bonchev–Trinajstić information content (AvgIpc) is 2.04. The molecule has 3 nitrogen and oxygen atoms in total. The van der Waals surface area contributed by atoms with Gasteiger partial charge in [0.15, 0.2) is 6.79 Å². The lowest BCUT2D eigenvalue weighted by molar-refractivity contribution is -0.368. The fourth-order valence-electron chi connectivity index (χ4n) is 0.770. The van der Waals surface area contributed by atoms with Gasteiger partial charge in [-0.2, -0.15) is 0 Å². The first kappa shape index (κ1) is 8.87. The van der Waals surface area contributed by atoms with Gasteiger partial charge in [0.05, 0.1) is 0 Å². The summed E-state index contributed by atoms with van der Waals surface area (Å²) in [6.45, 7) is 3.01. The van der Waals surface area contributed by atoms with Crippen LogP contribution in [0.1, 0.15) is 5.56 Å². The Bertz CT molecular complexity index is 312. The van der Waals surface area contributed by atoms with Crippen LogP contribution in [0.2, 0.25) is 5.15 Å². The monoisotopic (exact) mass is 184 g/mol. The van der Waals surface area contributed by atoms with Gasteiger partial charge < -0.3 is 0 Å². The molecule has 4 heteroatoms. The first-order valence-electron chi connectivity index (χ1n) is 3.27. The molecule has 1 aromatic heterocycles. The molecule has 0 radical (unpaired) electrons. The maximum absolute atomic E-state index is 10.7. The van der Waals surface area contributed by atoms with Crippen LogP contribution in [0.25, 0.3) is 0 Å². The highest BCUT2D eigenvalue weighted by Crippen LogP contribution is 2.07. The Morgan fingerprint density at radius 2 is 2.50 bits per heavy atom. The van der Waals surface area contributed by atoms with Crippen LogP contribution in [0.3, 0.4) is 0 Å². The summed E-state index contributed by atoms with van der Waals surface area (Å²) < 4.78 is 4.24. The van der Waals surface area contributed by atoms with E-state index in [4.69, 9.17) is 11.6 Å². The Kier molecular flexibility index (Phi) is 2.94. The number of hydrogen-bond donors (Lipinski definition) is 0. The summed E-state index contributed by atoms with van der Waals surface area (Å²) in [5.41, 5.74) is 0.767. The number of halogens is 1. The molecule has 0 saturated heterocycles. The number of pyridine rings is 1. The summed E-state index contributed by atoms with van der Waals surface area (Å²) in [5, 5.41) is 0.365. The van der Waals surface area contributed by atoms with Gasteiger partial charge in [0.25, 0.3) is 0 Å². The third kappa shape index (κ3) is 2.43. The summed E-state index contributed by atoms with van der Waals surface area (Å²) in [6, 6.07) is 3.31. The lowest BCUT2D eigenvalue weighted by Crippen LogP contribution is -2.01. The van der Waals surface area contributed by atoms with Crippen molar-refractivity contribution in [2.75, 3.05) is 0 Å². The SMILES string of the molecule is C=[O+]C(=O)Cc1ccnc(Cl)c1. The molecule has 0 aliphatic heterocycles. The molecule has 0 fully saturated rings. The van der Waals surface area contributed by atoms with Gasteiger partial charge in [-0.3, -0.25) is 4.42 Å². The highest BCUT2D eigenvalue weighted by molar-refractivity contribution is 6.29. The molecule has 0 aromatic carbocycles. The van der Waals surface area contributed by atoms with Crippen LogP contribution in [-0.2, 0) is 15.6 Å². The van der Waals surface area contributed by atoms with Gasteiger partial charge in [-0.25, -0.2) is 4.98 Å². The zero-order chi connectivity index (χ0) is 8.97. The van der Waals surface area contributed by atoms with Crippen molar-refractivity contribution in [1.82, 2.24) is 4.98 Å². The van der Waals surface area contributed by atoms with Crippen molar-refractivity contribution < 1.29 is 9.22 Å². The normalized spacial score (nSPS) is 9.42. The maximum atomic E-state index is 10.7. The summed E-state index contributed by atoms with van der Waals surface area (Å²) in [6.07, 6.45) is 1.71. The lowest BCUT2D eigenvalue weighted by Gasteiger charge is -1.91. The molecule has 1 aromatic rings. The molecule has 0 saturated carbocycles. The van der Waals surface area contributed by atoms with Crippen molar-refractivity contribution in [3.8, 4) is 0 Å². The molecular weight excluding hydrogens is 178 g/mol. The molecule has 1 heterocycles. The van der Waals surface area contributed by atoms with E-state index < -0.39 is 5.97 Å². The predicted octanol–water partition coefficient (Wildman–Crippen LogP) is 1.17. The highest BCUT2D eigenvalue weighted by Gasteiger charge is 2.12. The Balaban J connectivity index is 2.76. The van der Waals surface area contributed by atoms with Crippen molar-refractivity contribution >= 4 is 24.4 Å². The van der Waals surface area contributed by atoms with Crippen molar-refractivity contribution in [1.29, 1.82) is 0 Å². The van der Waals surface area contributed by atoms with E-state index in [2.05, 4.69) is 16.2 Å². The van der Waals surface area contributed by atoms with Crippen LogP contribution < -0.4 is 0 Å². The zero-order valence-electron chi connectivity index (χ0n) is 6.29. The Morgan fingerprint density at radius 3 is 3.08 bits per heavy atom.